The van der Waals surface area contributed by atoms with Gasteiger partial charge in [0, 0.05) is 35.5 Å². The monoisotopic (exact) mass is 451 g/mol. The van der Waals surface area contributed by atoms with E-state index in [0.29, 0.717) is 30.8 Å². The minimum absolute atomic E-state index is 0.159. The number of nitrogens with one attached hydrogen (secondary N) is 1. The van der Waals surface area contributed by atoms with E-state index in [1.165, 1.54) is 0 Å². The number of benzene rings is 1. The van der Waals surface area contributed by atoms with Crippen LogP contribution in [0.5, 0.6) is 0 Å². The van der Waals surface area contributed by atoms with Crippen molar-refractivity contribution < 1.29 is 14.3 Å². The predicted molar refractivity (Wildman–Crippen MR) is 121 cm³/mol. The van der Waals surface area contributed by atoms with Gasteiger partial charge in [-0.3, -0.25) is 4.79 Å². The maximum atomic E-state index is 12.5. The van der Waals surface area contributed by atoms with Crippen molar-refractivity contribution in [1.29, 1.82) is 0 Å². The average Bonchev–Trinajstić information content (AvgIpc) is 3.09. The molecule has 2 rings (SSSR count). The smallest absolute Gasteiger partial charge is 0.329 e. The average molecular weight is 452 g/mol. The molecule has 0 radical (unpaired) electrons. The molecular formula is C22H30ClN3O3S. The number of carbonyl (C=O) groups is 2. The van der Waals surface area contributed by atoms with Gasteiger partial charge in [-0.05, 0) is 31.4 Å². The molecule has 0 saturated heterocycles. The first-order chi connectivity index (χ1) is 14.5. The second-order valence-electron chi connectivity index (χ2n) is 6.88. The van der Waals surface area contributed by atoms with Crippen LogP contribution in [0.4, 0.5) is 0 Å². The van der Waals surface area contributed by atoms with Crippen molar-refractivity contribution in [3.63, 3.8) is 0 Å². The van der Waals surface area contributed by atoms with Crippen molar-refractivity contribution in [2.24, 2.45) is 0 Å². The summed E-state index contributed by atoms with van der Waals surface area (Å²) >= 11 is 8.05. The van der Waals surface area contributed by atoms with Gasteiger partial charge in [0.15, 0.2) is 5.16 Å². The maximum Gasteiger partial charge on any atom is 0.329 e. The van der Waals surface area contributed by atoms with E-state index in [9.17, 15) is 9.59 Å². The molecule has 0 fully saturated rings. The summed E-state index contributed by atoms with van der Waals surface area (Å²) in [7, 11) is 0. The Hall–Kier alpha value is -1.99. The second kappa shape index (κ2) is 12.6. The van der Waals surface area contributed by atoms with E-state index in [0.717, 1.165) is 28.6 Å². The van der Waals surface area contributed by atoms with Crippen LogP contribution in [-0.4, -0.2) is 39.8 Å². The molecule has 0 spiro atoms. The molecule has 8 heteroatoms. The van der Waals surface area contributed by atoms with Crippen LogP contribution in [0, 0.1) is 0 Å². The Balaban J connectivity index is 2.32. The van der Waals surface area contributed by atoms with E-state index >= 15 is 0 Å². The number of amides is 1. The van der Waals surface area contributed by atoms with E-state index < -0.39 is 12.0 Å². The number of ether oxygens (including phenoxy) is 1. The molecule has 6 nitrogen and oxygen atoms in total. The third-order valence-electron chi connectivity index (χ3n) is 4.42. The quantitative estimate of drug-likeness (QED) is 0.380. The van der Waals surface area contributed by atoms with Gasteiger partial charge in [-0.15, -0.1) is 0 Å². The SMILES string of the molecule is CCCSc1ncc(C[C@H](NC(=O)CCC)C(=O)OCC)n1Cc1ccccc1Cl. The summed E-state index contributed by atoms with van der Waals surface area (Å²) in [6.45, 7) is 6.60. The van der Waals surface area contributed by atoms with Gasteiger partial charge in [0.1, 0.15) is 6.04 Å². The van der Waals surface area contributed by atoms with E-state index in [-0.39, 0.29) is 12.5 Å². The standard InChI is InChI=1S/C22H30ClN3O3S/c1-4-9-20(27)25-19(21(28)29-6-3)13-17-14-24-22(30-12-5-2)26(17)15-16-10-7-8-11-18(16)23/h7-8,10-11,14,19H,4-6,9,12-13,15H2,1-3H3,(H,25,27)/t19-/m0/s1. The molecule has 1 atom stereocenters. The third kappa shape index (κ3) is 7.06. The Kier molecular flexibility index (Phi) is 10.2. The number of rotatable bonds is 12. The van der Waals surface area contributed by atoms with Crippen LogP contribution in [0.25, 0.3) is 0 Å². The molecule has 0 saturated carbocycles. The Bertz CT molecular complexity index is 841. The zero-order valence-corrected chi connectivity index (χ0v) is 19.4. The Labute approximate surface area is 187 Å². The lowest BCUT2D eigenvalue weighted by atomic mass is 10.1. The lowest BCUT2D eigenvalue weighted by Crippen LogP contribution is -2.43. The summed E-state index contributed by atoms with van der Waals surface area (Å²) in [4.78, 5) is 29.2. The number of nitrogens with zero attached hydrogens (tertiary/aromatic N) is 2. The number of imidazole rings is 1. The van der Waals surface area contributed by atoms with Gasteiger partial charge in [0.25, 0.3) is 0 Å². The highest BCUT2D eigenvalue weighted by molar-refractivity contribution is 7.99. The molecular weight excluding hydrogens is 422 g/mol. The van der Waals surface area contributed by atoms with Crippen LogP contribution in [0.2, 0.25) is 5.02 Å². The van der Waals surface area contributed by atoms with E-state index in [1.54, 1.807) is 24.9 Å². The van der Waals surface area contributed by atoms with Crippen molar-refractivity contribution in [3.05, 3.63) is 46.7 Å². The summed E-state index contributed by atoms with van der Waals surface area (Å²) in [6.07, 6.45) is 4.18. The number of esters is 1. The molecule has 30 heavy (non-hydrogen) atoms. The molecule has 0 unspecified atom stereocenters. The number of thioether (sulfide) groups is 1. The van der Waals surface area contributed by atoms with E-state index in [4.69, 9.17) is 16.3 Å². The molecule has 0 bridgehead atoms. The van der Waals surface area contributed by atoms with E-state index in [1.807, 2.05) is 31.2 Å². The zero-order valence-electron chi connectivity index (χ0n) is 17.8. The normalized spacial score (nSPS) is 11.9. The van der Waals surface area contributed by atoms with Crippen LogP contribution in [-0.2, 0) is 27.3 Å². The number of hydrogen-bond acceptors (Lipinski definition) is 5. The van der Waals surface area contributed by atoms with Crippen LogP contribution in [0.1, 0.15) is 51.3 Å². The summed E-state index contributed by atoms with van der Waals surface area (Å²) < 4.78 is 7.26. The van der Waals surface area contributed by atoms with Gasteiger partial charge in [0.2, 0.25) is 5.91 Å². The number of halogens is 1. The van der Waals surface area contributed by atoms with Crippen LogP contribution in [0.15, 0.2) is 35.6 Å². The molecule has 0 aliphatic carbocycles. The number of aromatic nitrogens is 2. The highest BCUT2D eigenvalue weighted by Gasteiger charge is 2.25. The summed E-state index contributed by atoms with van der Waals surface area (Å²) in [6, 6.07) is 6.93. The van der Waals surface area contributed by atoms with Gasteiger partial charge in [-0.25, -0.2) is 9.78 Å². The van der Waals surface area contributed by atoms with Crippen LogP contribution in [0.3, 0.4) is 0 Å². The predicted octanol–water partition coefficient (Wildman–Crippen LogP) is 4.48. The fraction of sp³-hybridized carbons (Fsp3) is 0.500. The van der Waals surface area contributed by atoms with Gasteiger partial charge in [-0.1, -0.05) is 55.4 Å². The van der Waals surface area contributed by atoms with Crippen molar-refractivity contribution >= 4 is 35.2 Å². The Morgan fingerprint density at radius 2 is 2.00 bits per heavy atom. The zero-order chi connectivity index (χ0) is 21.9. The van der Waals surface area contributed by atoms with Crippen molar-refractivity contribution in [3.8, 4) is 0 Å². The van der Waals surface area contributed by atoms with Gasteiger partial charge in [-0.2, -0.15) is 0 Å². The van der Waals surface area contributed by atoms with Gasteiger partial charge < -0.3 is 14.6 Å². The molecule has 2 aromatic rings. The fourth-order valence-electron chi connectivity index (χ4n) is 2.97. The highest BCUT2D eigenvalue weighted by atomic mass is 35.5. The molecule has 1 N–H and O–H groups in total. The first-order valence-electron chi connectivity index (χ1n) is 10.4. The molecule has 1 amide bonds. The number of carbonyl (C=O) groups excluding carboxylic acids is 2. The van der Waals surface area contributed by atoms with Crippen LogP contribution < -0.4 is 5.32 Å². The van der Waals surface area contributed by atoms with E-state index in [2.05, 4.69) is 21.8 Å². The van der Waals surface area contributed by atoms with Crippen LogP contribution >= 0.6 is 23.4 Å². The van der Waals surface area contributed by atoms with Crippen molar-refractivity contribution in [2.45, 2.75) is 64.2 Å². The largest absolute Gasteiger partial charge is 0.464 e. The summed E-state index contributed by atoms with van der Waals surface area (Å²) in [5.74, 6) is 0.344. The fourth-order valence-corrected chi connectivity index (χ4v) is 4.02. The second-order valence-corrected chi connectivity index (χ2v) is 8.35. The first kappa shape index (κ1) is 24.3. The highest BCUT2D eigenvalue weighted by Crippen LogP contribution is 2.24. The lowest BCUT2D eigenvalue weighted by molar-refractivity contribution is -0.147. The van der Waals surface area contributed by atoms with Crippen molar-refractivity contribution in [1.82, 2.24) is 14.9 Å². The molecule has 164 valence electrons. The molecule has 1 heterocycles. The molecule has 1 aromatic heterocycles. The number of hydrogen-bond donors (Lipinski definition) is 1. The molecule has 0 aliphatic rings. The lowest BCUT2D eigenvalue weighted by Gasteiger charge is -2.19. The Morgan fingerprint density at radius 1 is 1.23 bits per heavy atom. The first-order valence-corrected chi connectivity index (χ1v) is 11.7. The summed E-state index contributed by atoms with van der Waals surface area (Å²) in [5.41, 5.74) is 1.82. The molecule has 1 aromatic carbocycles. The van der Waals surface area contributed by atoms with Crippen molar-refractivity contribution in [2.75, 3.05) is 12.4 Å². The minimum atomic E-state index is -0.755. The maximum absolute atomic E-state index is 12.5. The Morgan fingerprint density at radius 3 is 2.67 bits per heavy atom. The minimum Gasteiger partial charge on any atom is -0.464 e. The topological polar surface area (TPSA) is 73.2 Å². The third-order valence-corrected chi connectivity index (χ3v) is 5.98. The molecule has 0 aliphatic heterocycles. The van der Waals surface area contributed by atoms with Gasteiger partial charge in [0.05, 0.1) is 13.2 Å². The van der Waals surface area contributed by atoms with Gasteiger partial charge >= 0.3 is 5.97 Å². The summed E-state index contributed by atoms with van der Waals surface area (Å²) in [5, 5.41) is 4.37.